The first kappa shape index (κ1) is 14.3. The zero-order chi connectivity index (χ0) is 10.6. The third-order valence-corrected chi connectivity index (χ3v) is 2.48. The lowest BCUT2D eigenvalue weighted by Gasteiger charge is -2.09. The van der Waals surface area contributed by atoms with Crippen molar-refractivity contribution in [3.05, 3.63) is 34.9 Å². The van der Waals surface area contributed by atoms with E-state index in [1.165, 1.54) is 0 Å². The molecule has 0 heterocycles. The van der Waals surface area contributed by atoms with E-state index in [9.17, 15) is 4.79 Å². The smallest absolute Gasteiger partial charge is 0.303 e. The van der Waals surface area contributed by atoms with E-state index < -0.39 is 5.97 Å². The monoisotopic (exact) mass is 248 g/mol. The van der Waals surface area contributed by atoms with Crippen molar-refractivity contribution in [2.75, 3.05) is 0 Å². The quantitative estimate of drug-likeness (QED) is 0.882. The van der Waals surface area contributed by atoms with E-state index in [2.05, 4.69) is 0 Å². The molecule has 2 nitrogen and oxygen atoms in total. The molecule has 0 radical (unpaired) electrons. The second-order valence-corrected chi connectivity index (χ2v) is 3.82. The molecule has 0 aromatic heterocycles. The topological polar surface area (TPSA) is 37.3 Å². The molecule has 1 unspecified atom stereocenters. The molecule has 0 saturated carbocycles. The highest BCUT2D eigenvalue weighted by Gasteiger charge is 2.07. The molecule has 1 rings (SSSR count). The van der Waals surface area contributed by atoms with Crippen LogP contribution in [0.25, 0.3) is 0 Å². The van der Waals surface area contributed by atoms with E-state index >= 15 is 0 Å². The Balaban J connectivity index is 0.00000196. The maximum absolute atomic E-state index is 10.4. The van der Waals surface area contributed by atoms with E-state index in [1.54, 1.807) is 0 Å². The molecule has 0 amide bonds. The molecule has 4 heteroatoms. The normalized spacial score (nSPS) is 11.6. The Bertz CT molecular complexity index is 309. The van der Waals surface area contributed by atoms with Gasteiger partial charge in [-0.2, -0.15) is 0 Å². The van der Waals surface area contributed by atoms with Crippen molar-refractivity contribution >= 4 is 30.0 Å². The molecule has 0 aliphatic rings. The summed E-state index contributed by atoms with van der Waals surface area (Å²) in [5.41, 5.74) is 1.13. The summed E-state index contributed by atoms with van der Waals surface area (Å²) >= 11 is 5.75. The van der Waals surface area contributed by atoms with Gasteiger partial charge in [-0.25, -0.2) is 0 Å². The summed E-state index contributed by atoms with van der Waals surface area (Å²) in [7, 11) is 0. The van der Waals surface area contributed by atoms with E-state index in [4.69, 9.17) is 16.7 Å². The average Bonchev–Trinajstić information content (AvgIpc) is 2.15. The number of aliphatic carboxylic acids is 1. The minimum Gasteiger partial charge on any atom is -0.481 e. The Hall–Kier alpha value is -0.730. The van der Waals surface area contributed by atoms with E-state index in [0.717, 1.165) is 5.56 Å². The summed E-state index contributed by atoms with van der Waals surface area (Å²) in [6.07, 6.45) is 0.876. The first-order valence-corrected chi connectivity index (χ1v) is 4.94. The van der Waals surface area contributed by atoms with Crippen molar-refractivity contribution in [3.63, 3.8) is 0 Å². The van der Waals surface area contributed by atoms with Crippen molar-refractivity contribution < 1.29 is 9.90 Å². The molecule has 0 aliphatic carbocycles. The largest absolute Gasteiger partial charge is 0.481 e. The van der Waals surface area contributed by atoms with Crippen LogP contribution in [0.3, 0.4) is 0 Å². The fourth-order valence-electron chi connectivity index (χ4n) is 1.30. The van der Waals surface area contributed by atoms with Gasteiger partial charge in [0.15, 0.2) is 0 Å². The molecule has 1 N–H and O–H groups in total. The SMILES string of the molecule is CC(CCC(=O)O)c1ccc(Cl)cc1.Cl. The summed E-state index contributed by atoms with van der Waals surface area (Å²) in [4.78, 5) is 10.4. The van der Waals surface area contributed by atoms with Crippen molar-refractivity contribution in [2.45, 2.75) is 25.7 Å². The minimum atomic E-state index is -0.745. The summed E-state index contributed by atoms with van der Waals surface area (Å²) < 4.78 is 0. The van der Waals surface area contributed by atoms with Crippen molar-refractivity contribution in [1.82, 2.24) is 0 Å². The zero-order valence-corrected chi connectivity index (χ0v) is 10.0. The van der Waals surface area contributed by atoms with Gasteiger partial charge in [0.2, 0.25) is 0 Å². The molecule has 84 valence electrons. The van der Waals surface area contributed by atoms with Crippen LogP contribution < -0.4 is 0 Å². The van der Waals surface area contributed by atoms with Crippen molar-refractivity contribution in [1.29, 1.82) is 0 Å². The highest BCUT2D eigenvalue weighted by molar-refractivity contribution is 6.30. The van der Waals surface area contributed by atoms with Crippen LogP contribution in [0.2, 0.25) is 5.02 Å². The van der Waals surface area contributed by atoms with Crippen LogP contribution in [0.5, 0.6) is 0 Å². The van der Waals surface area contributed by atoms with Gasteiger partial charge >= 0.3 is 5.97 Å². The molecule has 0 saturated heterocycles. The third kappa shape index (κ3) is 5.05. The Labute approximate surface area is 101 Å². The van der Waals surface area contributed by atoms with E-state index in [0.29, 0.717) is 11.4 Å². The fraction of sp³-hybridized carbons (Fsp3) is 0.364. The number of halogens is 2. The molecule has 0 spiro atoms. The highest BCUT2D eigenvalue weighted by atomic mass is 35.5. The van der Waals surface area contributed by atoms with Gasteiger partial charge in [0, 0.05) is 11.4 Å². The fourth-order valence-corrected chi connectivity index (χ4v) is 1.42. The number of benzene rings is 1. The van der Waals surface area contributed by atoms with Crippen molar-refractivity contribution in [3.8, 4) is 0 Å². The summed E-state index contributed by atoms with van der Waals surface area (Å²) in [5, 5.41) is 9.24. The first-order valence-electron chi connectivity index (χ1n) is 4.57. The molecule has 1 aromatic rings. The van der Waals surface area contributed by atoms with Crippen LogP contribution >= 0.6 is 24.0 Å². The summed E-state index contributed by atoms with van der Waals surface area (Å²) in [6.45, 7) is 2.02. The number of carboxylic acids is 1. The number of carbonyl (C=O) groups is 1. The second kappa shape index (κ2) is 6.70. The lowest BCUT2D eigenvalue weighted by atomic mass is 9.96. The van der Waals surface area contributed by atoms with Gasteiger partial charge in [0.25, 0.3) is 0 Å². The van der Waals surface area contributed by atoms with E-state index in [-0.39, 0.29) is 24.7 Å². The van der Waals surface area contributed by atoms with Crippen LogP contribution in [0, 0.1) is 0 Å². The molecule has 0 aliphatic heterocycles. The first-order chi connectivity index (χ1) is 6.59. The average molecular weight is 249 g/mol. The number of hydrogen-bond acceptors (Lipinski definition) is 1. The third-order valence-electron chi connectivity index (χ3n) is 2.23. The maximum Gasteiger partial charge on any atom is 0.303 e. The number of rotatable bonds is 4. The zero-order valence-electron chi connectivity index (χ0n) is 8.44. The van der Waals surface area contributed by atoms with Crippen LogP contribution in [-0.2, 0) is 4.79 Å². The lowest BCUT2D eigenvalue weighted by Crippen LogP contribution is -1.99. The number of carboxylic acid groups (broad SMARTS) is 1. The standard InChI is InChI=1S/C11H13ClO2.ClH/c1-8(2-7-11(13)14)9-3-5-10(12)6-4-9;/h3-6,8H,2,7H2,1H3,(H,13,14);1H. The van der Waals surface area contributed by atoms with Gasteiger partial charge in [-0.3, -0.25) is 4.79 Å². The van der Waals surface area contributed by atoms with Gasteiger partial charge in [-0.15, -0.1) is 12.4 Å². The molecule has 1 atom stereocenters. The van der Waals surface area contributed by atoms with Crippen LogP contribution in [0.4, 0.5) is 0 Å². The molecule has 0 bridgehead atoms. The summed E-state index contributed by atoms with van der Waals surface area (Å²) in [5.74, 6) is -0.478. The Kier molecular flexibility index (Phi) is 6.37. The van der Waals surface area contributed by atoms with Crippen LogP contribution in [-0.4, -0.2) is 11.1 Å². The molecular weight excluding hydrogens is 235 g/mol. The molecule has 15 heavy (non-hydrogen) atoms. The number of hydrogen-bond donors (Lipinski definition) is 1. The van der Waals surface area contributed by atoms with E-state index in [1.807, 2.05) is 31.2 Å². The highest BCUT2D eigenvalue weighted by Crippen LogP contribution is 2.22. The predicted molar refractivity (Wildman–Crippen MR) is 64.0 cm³/mol. The van der Waals surface area contributed by atoms with Gasteiger partial charge in [-0.1, -0.05) is 30.7 Å². The van der Waals surface area contributed by atoms with Gasteiger partial charge < -0.3 is 5.11 Å². The molecular formula is C11H14Cl2O2. The van der Waals surface area contributed by atoms with Gasteiger partial charge in [0.1, 0.15) is 0 Å². The van der Waals surface area contributed by atoms with Crippen molar-refractivity contribution in [2.24, 2.45) is 0 Å². The summed E-state index contributed by atoms with van der Waals surface area (Å²) in [6, 6.07) is 7.53. The van der Waals surface area contributed by atoms with Gasteiger partial charge in [0.05, 0.1) is 0 Å². The second-order valence-electron chi connectivity index (χ2n) is 3.39. The van der Waals surface area contributed by atoms with Crippen LogP contribution in [0.15, 0.2) is 24.3 Å². The molecule has 1 aromatic carbocycles. The lowest BCUT2D eigenvalue weighted by molar-refractivity contribution is -0.137. The maximum atomic E-state index is 10.4. The Morgan fingerprint density at radius 1 is 1.40 bits per heavy atom. The molecule has 0 fully saturated rings. The Morgan fingerprint density at radius 2 is 1.93 bits per heavy atom. The minimum absolute atomic E-state index is 0. The van der Waals surface area contributed by atoms with Gasteiger partial charge in [-0.05, 0) is 30.0 Å². The Morgan fingerprint density at radius 3 is 2.40 bits per heavy atom. The predicted octanol–water partition coefficient (Wildman–Crippen LogP) is 3.73. The van der Waals surface area contributed by atoms with Crippen LogP contribution in [0.1, 0.15) is 31.2 Å².